The van der Waals surface area contributed by atoms with Crippen molar-refractivity contribution in [1.29, 1.82) is 0 Å². The van der Waals surface area contributed by atoms with E-state index in [1.807, 2.05) is 44.3 Å². The third-order valence-corrected chi connectivity index (χ3v) is 3.44. The summed E-state index contributed by atoms with van der Waals surface area (Å²) in [6.07, 6.45) is 2.93. The Hall–Kier alpha value is -1.65. The van der Waals surface area contributed by atoms with Crippen LogP contribution in [0.25, 0.3) is 10.9 Å². The summed E-state index contributed by atoms with van der Waals surface area (Å²) in [5.41, 5.74) is 1.78. The van der Waals surface area contributed by atoms with Crippen molar-refractivity contribution < 1.29 is 14.3 Å². The molecule has 0 N–H and O–H groups in total. The highest BCUT2D eigenvalue weighted by Gasteiger charge is 2.32. The first-order chi connectivity index (χ1) is 9.09. The Morgan fingerprint density at radius 3 is 2.95 bits per heavy atom. The largest absolute Gasteiger partial charge is 0.348 e. The van der Waals surface area contributed by atoms with Gasteiger partial charge in [-0.2, -0.15) is 0 Å². The fourth-order valence-electron chi connectivity index (χ4n) is 2.58. The van der Waals surface area contributed by atoms with Crippen LogP contribution in [0.1, 0.15) is 24.2 Å². The van der Waals surface area contributed by atoms with E-state index in [1.165, 1.54) is 0 Å². The summed E-state index contributed by atoms with van der Waals surface area (Å²) in [4.78, 5) is 11.0. The molecule has 0 aliphatic carbocycles. The molecule has 1 aliphatic heterocycles. The van der Waals surface area contributed by atoms with Crippen LogP contribution in [0.15, 0.2) is 30.5 Å². The number of aromatic nitrogens is 1. The predicted octanol–water partition coefficient (Wildman–Crippen LogP) is 2.61. The van der Waals surface area contributed by atoms with E-state index in [1.54, 1.807) is 0 Å². The highest BCUT2D eigenvalue weighted by molar-refractivity contribution is 5.97. The van der Waals surface area contributed by atoms with Gasteiger partial charge in [-0.3, -0.25) is 4.79 Å². The number of carbonyl (C=O) groups is 1. The Kier molecular flexibility index (Phi) is 2.92. The number of benzene rings is 1. The summed E-state index contributed by atoms with van der Waals surface area (Å²) in [5, 5.41) is 0.982. The second kappa shape index (κ2) is 4.47. The molecule has 19 heavy (non-hydrogen) atoms. The number of hydrogen-bond donors (Lipinski definition) is 0. The summed E-state index contributed by atoms with van der Waals surface area (Å²) >= 11 is 0. The van der Waals surface area contributed by atoms with Crippen molar-refractivity contribution in [3.63, 3.8) is 0 Å². The molecule has 2 heterocycles. The first-order valence-electron chi connectivity index (χ1n) is 6.44. The van der Waals surface area contributed by atoms with Crippen LogP contribution in [0.2, 0.25) is 0 Å². The summed E-state index contributed by atoms with van der Waals surface area (Å²) < 4.78 is 13.5. The zero-order valence-corrected chi connectivity index (χ0v) is 11.1. The number of fused-ring (bicyclic) bond motifs is 1. The van der Waals surface area contributed by atoms with Crippen molar-refractivity contribution in [3.8, 4) is 0 Å². The molecule has 1 unspecified atom stereocenters. The fraction of sp³-hybridized carbons (Fsp3) is 0.400. The average molecular weight is 259 g/mol. The Morgan fingerprint density at radius 1 is 1.42 bits per heavy atom. The number of aldehydes is 1. The molecule has 0 bridgehead atoms. The lowest BCUT2D eigenvalue weighted by Crippen LogP contribution is -2.23. The molecule has 0 radical (unpaired) electrons. The molecule has 1 aromatic heterocycles. The monoisotopic (exact) mass is 259 g/mol. The van der Waals surface area contributed by atoms with E-state index in [0.717, 1.165) is 29.3 Å². The van der Waals surface area contributed by atoms with Crippen LogP contribution < -0.4 is 0 Å². The van der Waals surface area contributed by atoms with Gasteiger partial charge in [0, 0.05) is 22.7 Å². The van der Waals surface area contributed by atoms with Crippen LogP contribution in [0.5, 0.6) is 0 Å². The van der Waals surface area contributed by atoms with Crippen LogP contribution in [-0.4, -0.2) is 29.4 Å². The van der Waals surface area contributed by atoms with Crippen molar-refractivity contribution in [3.05, 3.63) is 36.0 Å². The molecule has 1 fully saturated rings. The van der Waals surface area contributed by atoms with Gasteiger partial charge < -0.3 is 14.0 Å². The minimum atomic E-state index is -0.498. The van der Waals surface area contributed by atoms with Crippen LogP contribution in [-0.2, 0) is 16.0 Å². The van der Waals surface area contributed by atoms with Gasteiger partial charge in [-0.1, -0.05) is 12.1 Å². The lowest BCUT2D eigenvalue weighted by molar-refractivity contribution is -0.139. The lowest BCUT2D eigenvalue weighted by Gasteiger charge is -2.17. The van der Waals surface area contributed by atoms with E-state index in [-0.39, 0.29) is 6.10 Å². The molecule has 0 amide bonds. The Bertz CT molecular complexity index is 615. The molecule has 1 aromatic carbocycles. The fourth-order valence-corrected chi connectivity index (χ4v) is 2.58. The quantitative estimate of drug-likeness (QED) is 0.795. The zero-order valence-electron chi connectivity index (χ0n) is 11.1. The molecule has 1 saturated heterocycles. The smallest absolute Gasteiger partial charge is 0.163 e. The van der Waals surface area contributed by atoms with Gasteiger partial charge in [-0.25, -0.2) is 0 Å². The first-order valence-corrected chi connectivity index (χ1v) is 6.44. The van der Waals surface area contributed by atoms with Crippen molar-refractivity contribution in [2.45, 2.75) is 32.3 Å². The van der Waals surface area contributed by atoms with Crippen LogP contribution >= 0.6 is 0 Å². The van der Waals surface area contributed by atoms with Gasteiger partial charge in [0.25, 0.3) is 0 Å². The maximum absolute atomic E-state index is 11.0. The molecule has 4 heteroatoms. The zero-order chi connectivity index (χ0) is 13.5. The maximum Gasteiger partial charge on any atom is 0.163 e. The average Bonchev–Trinajstić information content (AvgIpc) is 2.93. The van der Waals surface area contributed by atoms with Crippen molar-refractivity contribution >= 4 is 17.2 Å². The highest BCUT2D eigenvalue weighted by Crippen LogP contribution is 2.25. The van der Waals surface area contributed by atoms with E-state index < -0.39 is 5.79 Å². The summed E-state index contributed by atoms with van der Waals surface area (Å²) in [5.74, 6) is -0.498. The SMILES string of the molecule is CC1(C)OCC(Cn2ccc3c(C=O)cccc32)O1. The summed E-state index contributed by atoms with van der Waals surface area (Å²) in [7, 11) is 0. The number of rotatable bonds is 3. The van der Waals surface area contributed by atoms with Gasteiger partial charge in [-0.05, 0) is 26.0 Å². The van der Waals surface area contributed by atoms with Crippen molar-refractivity contribution in [2.24, 2.45) is 0 Å². The van der Waals surface area contributed by atoms with E-state index in [2.05, 4.69) is 4.57 Å². The third-order valence-electron chi connectivity index (χ3n) is 3.44. The minimum absolute atomic E-state index is 0.0467. The van der Waals surface area contributed by atoms with Crippen molar-refractivity contribution in [2.75, 3.05) is 6.61 Å². The Balaban J connectivity index is 1.88. The number of nitrogens with zero attached hydrogens (tertiary/aromatic N) is 1. The molecule has 100 valence electrons. The standard InChI is InChI=1S/C15H17NO3/c1-15(2)18-10-12(19-15)8-16-7-6-13-11(9-17)4-3-5-14(13)16/h3-7,9,12H,8,10H2,1-2H3. The van der Waals surface area contributed by atoms with Crippen molar-refractivity contribution in [1.82, 2.24) is 4.57 Å². The number of hydrogen-bond acceptors (Lipinski definition) is 3. The number of ether oxygens (including phenoxy) is 2. The summed E-state index contributed by atoms with van der Waals surface area (Å²) in [6.45, 7) is 5.17. The third kappa shape index (κ3) is 2.29. The first kappa shape index (κ1) is 12.4. The van der Waals surface area contributed by atoms with Gasteiger partial charge in [-0.15, -0.1) is 0 Å². The van der Waals surface area contributed by atoms with Gasteiger partial charge in [0.05, 0.1) is 13.2 Å². The Morgan fingerprint density at radius 2 is 2.26 bits per heavy atom. The van der Waals surface area contributed by atoms with E-state index in [4.69, 9.17) is 9.47 Å². The second-order valence-electron chi connectivity index (χ2n) is 5.32. The molecule has 0 spiro atoms. The topological polar surface area (TPSA) is 40.5 Å². The molecule has 1 aliphatic rings. The normalized spacial score (nSPS) is 21.9. The maximum atomic E-state index is 11.0. The van der Waals surface area contributed by atoms with Gasteiger partial charge >= 0.3 is 0 Å². The van der Waals surface area contributed by atoms with Crippen LogP contribution in [0.3, 0.4) is 0 Å². The molecule has 2 aromatic rings. The van der Waals surface area contributed by atoms with Crippen LogP contribution in [0.4, 0.5) is 0 Å². The lowest BCUT2D eigenvalue weighted by atomic mass is 10.1. The van der Waals surface area contributed by atoms with Gasteiger partial charge in [0.1, 0.15) is 6.10 Å². The predicted molar refractivity (Wildman–Crippen MR) is 72.2 cm³/mol. The summed E-state index contributed by atoms with van der Waals surface area (Å²) in [6, 6.07) is 7.72. The molecular formula is C15H17NO3. The van der Waals surface area contributed by atoms with E-state index >= 15 is 0 Å². The second-order valence-corrected chi connectivity index (χ2v) is 5.32. The van der Waals surface area contributed by atoms with E-state index in [9.17, 15) is 4.79 Å². The molecule has 1 atom stereocenters. The molecular weight excluding hydrogens is 242 g/mol. The van der Waals surface area contributed by atoms with E-state index in [0.29, 0.717) is 6.61 Å². The molecule has 4 nitrogen and oxygen atoms in total. The highest BCUT2D eigenvalue weighted by atomic mass is 16.7. The minimum Gasteiger partial charge on any atom is -0.348 e. The molecule has 0 saturated carbocycles. The van der Waals surface area contributed by atoms with Gasteiger partial charge in [0.2, 0.25) is 0 Å². The molecule has 3 rings (SSSR count). The Labute approximate surface area is 111 Å². The number of carbonyl (C=O) groups excluding carboxylic acids is 1. The van der Waals surface area contributed by atoms with Gasteiger partial charge in [0.15, 0.2) is 12.1 Å². The van der Waals surface area contributed by atoms with Crippen LogP contribution in [0, 0.1) is 0 Å².